The lowest BCUT2D eigenvalue weighted by Crippen LogP contribution is -2.44. The fourth-order valence-electron chi connectivity index (χ4n) is 2.45. The van der Waals surface area contributed by atoms with Gasteiger partial charge in [-0.15, -0.1) is 0 Å². The smallest absolute Gasteiger partial charge is 0.251 e. The molecule has 0 aliphatic carbocycles. The molecule has 0 spiro atoms. The number of amides is 1. The zero-order chi connectivity index (χ0) is 15.1. The van der Waals surface area contributed by atoms with Crippen LogP contribution in [0.4, 0.5) is 0 Å². The molecule has 1 aliphatic heterocycles. The second-order valence-electron chi connectivity index (χ2n) is 5.47. The fraction of sp³-hybridized carbons (Fsp3) is 0.562. The molecule has 1 saturated heterocycles. The molecule has 1 aromatic carbocycles. The number of ether oxygens (including phenoxy) is 1. The lowest BCUT2D eigenvalue weighted by atomic mass is 10.1. The summed E-state index contributed by atoms with van der Waals surface area (Å²) in [6.45, 7) is 7.79. The van der Waals surface area contributed by atoms with Crippen molar-refractivity contribution in [2.24, 2.45) is 0 Å². The van der Waals surface area contributed by atoms with Crippen molar-refractivity contribution in [3.8, 4) is 0 Å². The van der Waals surface area contributed by atoms with Crippen molar-refractivity contribution in [2.45, 2.75) is 19.5 Å². The summed E-state index contributed by atoms with van der Waals surface area (Å²) < 4.78 is 5.36. The Kier molecular flexibility index (Phi) is 6.17. The van der Waals surface area contributed by atoms with Gasteiger partial charge in [0.25, 0.3) is 5.91 Å². The molecule has 1 amide bonds. The monoisotopic (exact) mass is 291 g/mol. The number of hydrogen-bond acceptors (Lipinski definition) is 4. The highest BCUT2D eigenvalue weighted by molar-refractivity contribution is 5.93. The second-order valence-corrected chi connectivity index (χ2v) is 5.47. The summed E-state index contributed by atoms with van der Waals surface area (Å²) in [5, 5.41) is 6.15. The van der Waals surface area contributed by atoms with Crippen molar-refractivity contribution in [3.63, 3.8) is 0 Å². The number of nitrogens with one attached hydrogen (secondary N) is 2. The van der Waals surface area contributed by atoms with Crippen molar-refractivity contribution in [1.29, 1.82) is 0 Å². The Morgan fingerprint density at radius 2 is 1.95 bits per heavy atom. The van der Waals surface area contributed by atoms with Gasteiger partial charge in [-0.3, -0.25) is 9.69 Å². The quantitative estimate of drug-likeness (QED) is 0.816. The first-order valence-electron chi connectivity index (χ1n) is 7.53. The van der Waals surface area contributed by atoms with E-state index in [-0.39, 0.29) is 5.91 Å². The molecule has 0 bridgehead atoms. The number of morpholine rings is 1. The third-order valence-electron chi connectivity index (χ3n) is 3.73. The average Bonchev–Trinajstić information content (AvgIpc) is 2.53. The molecule has 1 aliphatic rings. The lowest BCUT2D eigenvalue weighted by molar-refractivity contribution is 0.0343. The summed E-state index contributed by atoms with van der Waals surface area (Å²) in [5.74, 6) is -0.0461. The highest BCUT2D eigenvalue weighted by Crippen LogP contribution is 2.05. The summed E-state index contributed by atoms with van der Waals surface area (Å²) in [4.78, 5) is 13.9. The minimum Gasteiger partial charge on any atom is -0.379 e. The molecule has 1 unspecified atom stereocenters. The summed E-state index contributed by atoms with van der Waals surface area (Å²) in [7, 11) is 1.64. The normalized spacial score (nSPS) is 17.4. The van der Waals surface area contributed by atoms with Gasteiger partial charge in [0.1, 0.15) is 0 Å². The summed E-state index contributed by atoms with van der Waals surface area (Å²) >= 11 is 0. The maximum atomic E-state index is 11.5. The first-order chi connectivity index (χ1) is 10.2. The minimum absolute atomic E-state index is 0.0461. The van der Waals surface area contributed by atoms with Crippen LogP contribution in [0, 0.1) is 0 Å². The van der Waals surface area contributed by atoms with Crippen LogP contribution in [0.3, 0.4) is 0 Å². The van der Waals surface area contributed by atoms with Gasteiger partial charge in [-0.1, -0.05) is 12.1 Å². The standard InChI is InChI=1S/C16H25N3O2/c1-13(12-19-7-9-21-10-8-19)18-11-14-3-5-15(6-4-14)16(20)17-2/h3-6,13,18H,7-12H2,1-2H3,(H,17,20). The minimum atomic E-state index is -0.0461. The molecule has 2 rings (SSSR count). The Labute approximate surface area is 126 Å². The molecule has 0 aromatic heterocycles. The predicted molar refractivity (Wildman–Crippen MR) is 83.4 cm³/mol. The van der Waals surface area contributed by atoms with E-state index in [9.17, 15) is 4.79 Å². The Bertz CT molecular complexity index is 441. The van der Waals surface area contributed by atoms with E-state index in [2.05, 4.69) is 22.5 Å². The van der Waals surface area contributed by atoms with E-state index < -0.39 is 0 Å². The zero-order valence-corrected chi connectivity index (χ0v) is 12.9. The SMILES string of the molecule is CNC(=O)c1ccc(CNC(C)CN2CCOCC2)cc1. The van der Waals surface area contributed by atoms with Crippen molar-refractivity contribution in [3.05, 3.63) is 35.4 Å². The fourth-order valence-corrected chi connectivity index (χ4v) is 2.45. The molecule has 0 radical (unpaired) electrons. The zero-order valence-electron chi connectivity index (χ0n) is 12.9. The molecule has 116 valence electrons. The molecule has 5 nitrogen and oxygen atoms in total. The summed E-state index contributed by atoms with van der Waals surface area (Å²) in [6, 6.07) is 8.16. The van der Waals surface area contributed by atoms with Crippen LogP contribution >= 0.6 is 0 Å². The van der Waals surface area contributed by atoms with Gasteiger partial charge in [0.05, 0.1) is 13.2 Å². The Balaban J connectivity index is 1.75. The molecular formula is C16H25N3O2. The summed E-state index contributed by atoms with van der Waals surface area (Å²) in [6.07, 6.45) is 0. The molecule has 21 heavy (non-hydrogen) atoms. The van der Waals surface area contributed by atoms with Crippen molar-refractivity contribution in [1.82, 2.24) is 15.5 Å². The van der Waals surface area contributed by atoms with Crippen LogP contribution in [0.1, 0.15) is 22.8 Å². The number of hydrogen-bond donors (Lipinski definition) is 2. The molecule has 1 aromatic rings. The van der Waals surface area contributed by atoms with Gasteiger partial charge in [0.15, 0.2) is 0 Å². The number of benzene rings is 1. The first kappa shape index (κ1) is 15.9. The van der Waals surface area contributed by atoms with E-state index in [1.165, 1.54) is 5.56 Å². The molecule has 5 heteroatoms. The van der Waals surface area contributed by atoms with Crippen LogP contribution in [-0.4, -0.2) is 56.7 Å². The van der Waals surface area contributed by atoms with Crippen LogP contribution < -0.4 is 10.6 Å². The third-order valence-corrected chi connectivity index (χ3v) is 3.73. The van der Waals surface area contributed by atoms with Crippen molar-refractivity contribution in [2.75, 3.05) is 39.9 Å². The second kappa shape index (κ2) is 8.12. The molecule has 1 atom stereocenters. The van der Waals surface area contributed by atoms with Crippen LogP contribution in [-0.2, 0) is 11.3 Å². The number of carbonyl (C=O) groups is 1. The van der Waals surface area contributed by atoms with Crippen LogP contribution in [0.15, 0.2) is 24.3 Å². The van der Waals surface area contributed by atoms with E-state index in [1.807, 2.05) is 24.3 Å². The maximum Gasteiger partial charge on any atom is 0.251 e. The van der Waals surface area contributed by atoms with Crippen LogP contribution in [0.25, 0.3) is 0 Å². The number of nitrogens with zero attached hydrogens (tertiary/aromatic N) is 1. The van der Waals surface area contributed by atoms with Crippen LogP contribution in [0.2, 0.25) is 0 Å². The molecular weight excluding hydrogens is 266 g/mol. The first-order valence-corrected chi connectivity index (χ1v) is 7.53. The van der Waals surface area contributed by atoms with Gasteiger partial charge < -0.3 is 15.4 Å². The largest absolute Gasteiger partial charge is 0.379 e. The molecule has 1 fully saturated rings. The maximum absolute atomic E-state index is 11.5. The van der Waals surface area contributed by atoms with Gasteiger partial charge >= 0.3 is 0 Å². The van der Waals surface area contributed by atoms with E-state index >= 15 is 0 Å². The van der Waals surface area contributed by atoms with Gasteiger partial charge in [0, 0.05) is 44.8 Å². The van der Waals surface area contributed by atoms with Gasteiger partial charge in [-0.05, 0) is 24.6 Å². The number of carbonyl (C=O) groups excluding carboxylic acids is 1. The summed E-state index contributed by atoms with van der Waals surface area (Å²) in [5.41, 5.74) is 1.89. The Morgan fingerprint density at radius 1 is 1.29 bits per heavy atom. The van der Waals surface area contributed by atoms with Crippen LogP contribution in [0.5, 0.6) is 0 Å². The topological polar surface area (TPSA) is 53.6 Å². The molecule has 1 heterocycles. The Morgan fingerprint density at radius 3 is 2.57 bits per heavy atom. The molecule has 0 saturated carbocycles. The van der Waals surface area contributed by atoms with E-state index in [0.717, 1.165) is 39.4 Å². The predicted octanol–water partition coefficient (Wildman–Crippen LogP) is 0.857. The van der Waals surface area contributed by atoms with Gasteiger partial charge in [-0.25, -0.2) is 0 Å². The van der Waals surface area contributed by atoms with Gasteiger partial charge in [-0.2, -0.15) is 0 Å². The van der Waals surface area contributed by atoms with E-state index in [4.69, 9.17) is 4.74 Å². The Hall–Kier alpha value is -1.43. The van der Waals surface area contributed by atoms with E-state index in [0.29, 0.717) is 11.6 Å². The van der Waals surface area contributed by atoms with Crippen molar-refractivity contribution < 1.29 is 9.53 Å². The highest BCUT2D eigenvalue weighted by atomic mass is 16.5. The van der Waals surface area contributed by atoms with E-state index in [1.54, 1.807) is 7.05 Å². The third kappa shape index (κ3) is 5.12. The van der Waals surface area contributed by atoms with Crippen molar-refractivity contribution >= 4 is 5.91 Å². The van der Waals surface area contributed by atoms with Gasteiger partial charge in [0.2, 0.25) is 0 Å². The highest BCUT2D eigenvalue weighted by Gasteiger charge is 2.13. The average molecular weight is 291 g/mol. The molecule has 2 N–H and O–H groups in total. The lowest BCUT2D eigenvalue weighted by Gasteiger charge is -2.29. The number of rotatable bonds is 6.